The summed E-state index contributed by atoms with van der Waals surface area (Å²) in [5.74, 6) is 0.349. The van der Waals surface area contributed by atoms with Crippen LogP contribution in [0, 0.1) is 11.3 Å². The monoisotopic (exact) mass is 357 g/mol. The number of nitrogens with two attached hydrogens (primary N) is 1. The zero-order valence-corrected chi connectivity index (χ0v) is 15.6. The molecule has 26 heavy (non-hydrogen) atoms. The van der Waals surface area contributed by atoms with Gasteiger partial charge in [0, 0.05) is 24.6 Å². The number of rotatable bonds is 7. The molecule has 4 N–H and O–H groups in total. The highest BCUT2D eigenvalue weighted by Crippen LogP contribution is 2.38. The average Bonchev–Trinajstić information content (AvgIpc) is 2.59. The van der Waals surface area contributed by atoms with Crippen LogP contribution in [-0.2, 0) is 16.1 Å². The molecule has 0 unspecified atom stereocenters. The van der Waals surface area contributed by atoms with Crippen LogP contribution in [0.25, 0.3) is 0 Å². The van der Waals surface area contributed by atoms with E-state index in [4.69, 9.17) is 5.73 Å². The molecule has 0 bridgehead atoms. The fraction of sp³-hybridized carbons (Fsp3) is 0.619. The van der Waals surface area contributed by atoms with Crippen LogP contribution in [-0.4, -0.2) is 18.4 Å². The summed E-state index contributed by atoms with van der Waals surface area (Å²) in [7, 11) is 0. The van der Waals surface area contributed by atoms with Gasteiger partial charge in [-0.25, -0.2) is 0 Å². The minimum absolute atomic E-state index is 0.0130. The molecule has 0 saturated heterocycles. The molecule has 5 nitrogen and oxygen atoms in total. The van der Waals surface area contributed by atoms with Crippen molar-refractivity contribution in [3.63, 3.8) is 0 Å². The molecule has 0 radical (unpaired) electrons. The fourth-order valence-corrected chi connectivity index (χ4v) is 4.03. The minimum Gasteiger partial charge on any atom is -0.352 e. The first kappa shape index (κ1) is 18.9. The SMILES string of the molecule is NCC1(CC(=O)NCc2cccc(NC(=O)C3CCC3)c2)CCCCC1. The number of amides is 2. The van der Waals surface area contributed by atoms with Gasteiger partial charge in [0.05, 0.1) is 0 Å². The Morgan fingerprint density at radius 2 is 1.88 bits per heavy atom. The Bertz CT molecular complexity index is 634. The lowest BCUT2D eigenvalue weighted by atomic mass is 9.71. The lowest BCUT2D eigenvalue weighted by molar-refractivity contribution is -0.124. The second kappa shape index (κ2) is 8.67. The summed E-state index contributed by atoms with van der Waals surface area (Å²) in [4.78, 5) is 24.5. The topological polar surface area (TPSA) is 84.2 Å². The molecular weight excluding hydrogens is 326 g/mol. The highest BCUT2D eigenvalue weighted by molar-refractivity contribution is 5.93. The fourth-order valence-electron chi connectivity index (χ4n) is 4.03. The van der Waals surface area contributed by atoms with Gasteiger partial charge in [0.25, 0.3) is 0 Å². The van der Waals surface area contributed by atoms with E-state index in [1.165, 1.54) is 19.3 Å². The van der Waals surface area contributed by atoms with Crippen LogP contribution in [0.3, 0.4) is 0 Å². The molecule has 2 aliphatic rings. The third-order valence-corrected chi connectivity index (χ3v) is 6.04. The minimum atomic E-state index is -0.0130. The second-order valence-electron chi connectivity index (χ2n) is 8.04. The molecule has 2 saturated carbocycles. The van der Waals surface area contributed by atoms with Crippen LogP contribution < -0.4 is 16.4 Å². The molecule has 5 heteroatoms. The second-order valence-corrected chi connectivity index (χ2v) is 8.04. The number of carbonyl (C=O) groups is 2. The Balaban J connectivity index is 1.50. The number of nitrogens with one attached hydrogen (secondary N) is 2. The lowest BCUT2D eigenvalue weighted by Crippen LogP contribution is -2.38. The summed E-state index contributed by atoms with van der Waals surface area (Å²) < 4.78 is 0. The van der Waals surface area contributed by atoms with Crippen molar-refractivity contribution >= 4 is 17.5 Å². The van der Waals surface area contributed by atoms with Gasteiger partial charge < -0.3 is 16.4 Å². The Morgan fingerprint density at radius 3 is 2.54 bits per heavy atom. The Morgan fingerprint density at radius 1 is 1.12 bits per heavy atom. The first-order chi connectivity index (χ1) is 12.6. The van der Waals surface area contributed by atoms with Gasteiger partial charge in [-0.15, -0.1) is 0 Å². The zero-order valence-electron chi connectivity index (χ0n) is 15.6. The van der Waals surface area contributed by atoms with Crippen molar-refractivity contribution in [3.8, 4) is 0 Å². The maximum absolute atomic E-state index is 12.4. The molecule has 0 spiro atoms. The van der Waals surface area contributed by atoms with Gasteiger partial charge in [0.15, 0.2) is 0 Å². The third-order valence-electron chi connectivity index (χ3n) is 6.04. The van der Waals surface area contributed by atoms with E-state index in [1.807, 2.05) is 24.3 Å². The molecule has 142 valence electrons. The maximum atomic E-state index is 12.4. The summed E-state index contributed by atoms with van der Waals surface area (Å²) in [6.07, 6.45) is 9.35. The molecule has 0 aromatic heterocycles. The number of hydrogen-bond acceptors (Lipinski definition) is 3. The van der Waals surface area contributed by atoms with Gasteiger partial charge in [0.1, 0.15) is 0 Å². The van der Waals surface area contributed by atoms with Crippen LogP contribution in [0.15, 0.2) is 24.3 Å². The number of carbonyl (C=O) groups excluding carboxylic acids is 2. The smallest absolute Gasteiger partial charge is 0.227 e. The van der Waals surface area contributed by atoms with Gasteiger partial charge in [0.2, 0.25) is 11.8 Å². The summed E-state index contributed by atoms with van der Waals surface area (Å²) in [6.45, 7) is 1.07. The van der Waals surface area contributed by atoms with Gasteiger partial charge >= 0.3 is 0 Å². The van der Waals surface area contributed by atoms with E-state index in [9.17, 15) is 9.59 Å². The molecule has 0 heterocycles. The van der Waals surface area contributed by atoms with Crippen molar-refractivity contribution in [2.45, 2.75) is 64.3 Å². The normalized spacial score (nSPS) is 19.4. The zero-order chi connectivity index (χ0) is 18.4. The highest BCUT2D eigenvalue weighted by Gasteiger charge is 2.32. The van der Waals surface area contributed by atoms with E-state index in [0.717, 1.165) is 43.4 Å². The average molecular weight is 357 g/mol. The first-order valence-electron chi connectivity index (χ1n) is 9.97. The quantitative estimate of drug-likeness (QED) is 0.700. The summed E-state index contributed by atoms with van der Waals surface area (Å²) >= 11 is 0. The summed E-state index contributed by atoms with van der Waals surface area (Å²) in [5.41, 5.74) is 7.77. The molecule has 2 fully saturated rings. The van der Waals surface area contributed by atoms with Gasteiger partial charge in [-0.2, -0.15) is 0 Å². The molecule has 0 atom stereocenters. The maximum Gasteiger partial charge on any atom is 0.227 e. The Kier molecular flexibility index (Phi) is 6.30. The Labute approximate surface area is 156 Å². The van der Waals surface area contributed by atoms with Gasteiger partial charge in [-0.05, 0) is 55.3 Å². The van der Waals surface area contributed by atoms with Crippen molar-refractivity contribution in [1.29, 1.82) is 0 Å². The van der Waals surface area contributed by atoms with Crippen molar-refractivity contribution in [3.05, 3.63) is 29.8 Å². The molecular formula is C21H31N3O2. The van der Waals surface area contributed by atoms with Crippen molar-refractivity contribution in [2.75, 3.05) is 11.9 Å². The summed E-state index contributed by atoms with van der Waals surface area (Å²) in [5, 5.41) is 6.01. The standard InChI is InChI=1S/C21H31N3O2/c22-15-21(10-2-1-3-11-21)13-19(25)23-14-16-6-4-9-18(12-16)24-20(26)17-7-5-8-17/h4,6,9,12,17H,1-3,5,7-8,10-11,13-15,22H2,(H,23,25)(H,24,26). The molecule has 2 amide bonds. The van der Waals surface area contributed by atoms with E-state index in [2.05, 4.69) is 10.6 Å². The van der Waals surface area contributed by atoms with Crippen molar-refractivity contribution in [2.24, 2.45) is 17.1 Å². The third kappa shape index (κ3) is 4.85. The van der Waals surface area contributed by atoms with Crippen molar-refractivity contribution in [1.82, 2.24) is 5.32 Å². The summed E-state index contributed by atoms with van der Waals surface area (Å²) in [6, 6.07) is 7.72. The van der Waals surface area contributed by atoms with Gasteiger partial charge in [-0.1, -0.05) is 37.8 Å². The van der Waals surface area contributed by atoms with E-state index in [-0.39, 0.29) is 23.1 Å². The molecule has 1 aromatic carbocycles. The van der Waals surface area contributed by atoms with Crippen LogP contribution in [0.5, 0.6) is 0 Å². The number of hydrogen-bond donors (Lipinski definition) is 3. The number of anilines is 1. The molecule has 2 aliphatic carbocycles. The predicted octanol–water partition coefficient (Wildman–Crippen LogP) is 3.34. The molecule has 1 aromatic rings. The van der Waals surface area contributed by atoms with Crippen LogP contribution in [0.1, 0.15) is 63.4 Å². The van der Waals surface area contributed by atoms with Crippen molar-refractivity contribution < 1.29 is 9.59 Å². The first-order valence-corrected chi connectivity index (χ1v) is 9.97. The number of benzene rings is 1. The molecule has 0 aliphatic heterocycles. The van der Waals surface area contributed by atoms with E-state index in [0.29, 0.717) is 19.5 Å². The van der Waals surface area contributed by atoms with Gasteiger partial charge in [-0.3, -0.25) is 9.59 Å². The Hall–Kier alpha value is -1.88. The largest absolute Gasteiger partial charge is 0.352 e. The van der Waals surface area contributed by atoms with E-state index in [1.54, 1.807) is 0 Å². The predicted molar refractivity (Wildman–Crippen MR) is 103 cm³/mol. The van der Waals surface area contributed by atoms with Crippen LogP contribution in [0.4, 0.5) is 5.69 Å². The van der Waals surface area contributed by atoms with Crippen LogP contribution >= 0.6 is 0 Å². The highest BCUT2D eigenvalue weighted by atomic mass is 16.2. The molecule has 3 rings (SSSR count). The van der Waals surface area contributed by atoms with Crippen LogP contribution in [0.2, 0.25) is 0 Å². The lowest BCUT2D eigenvalue weighted by Gasteiger charge is -2.35. The van der Waals surface area contributed by atoms with E-state index >= 15 is 0 Å². The van der Waals surface area contributed by atoms with E-state index < -0.39 is 0 Å².